The molecule has 0 aliphatic heterocycles. The molecular formula is C15H18N4. The third-order valence-electron chi connectivity index (χ3n) is 3.24. The summed E-state index contributed by atoms with van der Waals surface area (Å²) in [6, 6.07) is 6.00. The number of anilines is 1. The summed E-state index contributed by atoms with van der Waals surface area (Å²) in [5, 5.41) is 3.36. The third-order valence-corrected chi connectivity index (χ3v) is 3.24. The quantitative estimate of drug-likeness (QED) is 0.890. The Morgan fingerprint density at radius 2 is 2.00 bits per heavy atom. The monoisotopic (exact) mass is 254 g/mol. The van der Waals surface area contributed by atoms with Gasteiger partial charge in [0.2, 0.25) is 0 Å². The highest BCUT2D eigenvalue weighted by Gasteiger charge is 2.26. The lowest BCUT2D eigenvalue weighted by atomic mass is 10.2. The molecular weight excluding hydrogens is 236 g/mol. The van der Waals surface area contributed by atoms with Crippen LogP contribution in [0.2, 0.25) is 0 Å². The second-order valence-electron chi connectivity index (χ2n) is 4.94. The molecule has 0 saturated heterocycles. The molecule has 0 atom stereocenters. The molecule has 2 aromatic heterocycles. The van der Waals surface area contributed by atoms with Crippen LogP contribution in [-0.4, -0.2) is 21.5 Å². The normalized spacial score (nSPS) is 14.4. The minimum atomic E-state index is 0.630. The Balaban J connectivity index is 1.96. The number of pyridine rings is 1. The maximum Gasteiger partial charge on any atom is 0.161 e. The molecule has 98 valence electrons. The second-order valence-corrected chi connectivity index (χ2v) is 4.94. The lowest BCUT2D eigenvalue weighted by molar-refractivity contribution is 0.948. The standard InChI is InChI=1S/C15H18N4/c1-2-7-17-14-10-13(11-3-4-11)18-15(19-14)12-5-8-16-9-6-12/h5-6,8-11H,2-4,7H2,1H3,(H,17,18,19). The van der Waals surface area contributed by atoms with Gasteiger partial charge in [0.25, 0.3) is 0 Å². The Bertz CT molecular complexity index is 549. The zero-order valence-corrected chi connectivity index (χ0v) is 11.1. The minimum absolute atomic E-state index is 0.630. The minimum Gasteiger partial charge on any atom is -0.370 e. The van der Waals surface area contributed by atoms with Crippen LogP contribution in [0.5, 0.6) is 0 Å². The van der Waals surface area contributed by atoms with Crippen molar-refractivity contribution >= 4 is 5.82 Å². The van der Waals surface area contributed by atoms with Crippen LogP contribution in [0.3, 0.4) is 0 Å². The number of hydrogen-bond donors (Lipinski definition) is 1. The van der Waals surface area contributed by atoms with E-state index < -0.39 is 0 Å². The number of nitrogens with zero attached hydrogens (tertiary/aromatic N) is 3. The van der Waals surface area contributed by atoms with E-state index in [4.69, 9.17) is 4.98 Å². The van der Waals surface area contributed by atoms with Crippen molar-refractivity contribution in [2.24, 2.45) is 0 Å². The van der Waals surface area contributed by atoms with Crippen LogP contribution >= 0.6 is 0 Å². The van der Waals surface area contributed by atoms with E-state index in [0.29, 0.717) is 5.92 Å². The first kappa shape index (κ1) is 12.1. The summed E-state index contributed by atoms with van der Waals surface area (Å²) in [5.41, 5.74) is 2.19. The Morgan fingerprint density at radius 3 is 2.68 bits per heavy atom. The first-order chi connectivity index (χ1) is 9.36. The van der Waals surface area contributed by atoms with Gasteiger partial charge in [0.15, 0.2) is 5.82 Å². The van der Waals surface area contributed by atoms with Gasteiger partial charge in [-0.05, 0) is 31.4 Å². The van der Waals surface area contributed by atoms with E-state index in [1.165, 1.54) is 18.5 Å². The van der Waals surface area contributed by atoms with Crippen LogP contribution in [0, 0.1) is 0 Å². The Labute approximate surface area is 113 Å². The van der Waals surface area contributed by atoms with Gasteiger partial charge >= 0.3 is 0 Å². The molecule has 1 aliphatic rings. The Kier molecular flexibility index (Phi) is 3.40. The van der Waals surface area contributed by atoms with Gasteiger partial charge in [-0.1, -0.05) is 6.92 Å². The first-order valence-electron chi connectivity index (χ1n) is 6.90. The average molecular weight is 254 g/mol. The summed E-state index contributed by atoms with van der Waals surface area (Å²) >= 11 is 0. The molecule has 0 spiro atoms. The van der Waals surface area contributed by atoms with Crippen molar-refractivity contribution in [3.8, 4) is 11.4 Å². The summed E-state index contributed by atoms with van der Waals surface area (Å²) in [6.07, 6.45) is 7.15. The summed E-state index contributed by atoms with van der Waals surface area (Å²) in [6.45, 7) is 3.09. The summed E-state index contributed by atoms with van der Waals surface area (Å²) in [5.74, 6) is 2.36. The summed E-state index contributed by atoms with van der Waals surface area (Å²) < 4.78 is 0. The van der Waals surface area contributed by atoms with Crippen molar-refractivity contribution in [2.45, 2.75) is 32.1 Å². The fourth-order valence-corrected chi connectivity index (χ4v) is 2.03. The summed E-state index contributed by atoms with van der Waals surface area (Å²) in [4.78, 5) is 13.3. The van der Waals surface area contributed by atoms with E-state index in [0.717, 1.165) is 30.2 Å². The van der Waals surface area contributed by atoms with Gasteiger partial charge < -0.3 is 5.32 Å². The SMILES string of the molecule is CCCNc1cc(C2CC2)nc(-c2ccncc2)n1. The first-order valence-corrected chi connectivity index (χ1v) is 6.90. The third kappa shape index (κ3) is 2.89. The predicted octanol–water partition coefficient (Wildman–Crippen LogP) is 3.24. The molecule has 0 amide bonds. The van der Waals surface area contributed by atoms with Crippen molar-refractivity contribution in [1.82, 2.24) is 15.0 Å². The molecule has 0 bridgehead atoms. The van der Waals surface area contributed by atoms with E-state index in [9.17, 15) is 0 Å². The molecule has 19 heavy (non-hydrogen) atoms. The molecule has 2 aromatic rings. The Morgan fingerprint density at radius 1 is 1.21 bits per heavy atom. The van der Waals surface area contributed by atoms with E-state index in [1.54, 1.807) is 12.4 Å². The molecule has 1 aliphatic carbocycles. The predicted molar refractivity (Wildman–Crippen MR) is 76.0 cm³/mol. The van der Waals surface area contributed by atoms with Crippen LogP contribution in [0.15, 0.2) is 30.6 Å². The maximum absolute atomic E-state index is 4.69. The van der Waals surface area contributed by atoms with Crippen molar-refractivity contribution < 1.29 is 0 Å². The highest BCUT2D eigenvalue weighted by molar-refractivity contribution is 5.57. The molecule has 0 aromatic carbocycles. The van der Waals surface area contributed by atoms with Crippen molar-refractivity contribution in [3.05, 3.63) is 36.3 Å². The van der Waals surface area contributed by atoms with Crippen molar-refractivity contribution in [3.63, 3.8) is 0 Å². The van der Waals surface area contributed by atoms with Gasteiger partial charge in [-0.15, -0.1) is 0 Å². The number of nitrogens with one attached hydrogen (secondary N) is 1. The van der Waals surface area contributed by atoms with Gasteiger partial charge in [0.1, 0.15) is 5.82 Å². The summed E-state index contributed by atoms with van der Waals surface area (Å²) in [7, 11) is 0. The van der Waals surface area contributed by atoms with E-state index >= 15 is 0 Å². The number of aromatic nitrogens is 3. The molecule has 1 fully saturated rings. The molecule has 0 unspecified atom stereocenters. The smallest absolute Gasteiger partial charge is 0.161 e. The zero-order valence-electron chi connectivity index (χ0n) is 11.1. The molecule has 3 rings (SSSR count). The average Bonchev–Trinajstić information content (AvgIpc) is 3.30. The second kappa shape index (κ2) is 5.34. The fraction of sp³-hybridized carbons (Fsp3) is 0.400. The largest absolute Gasteiger partial charge is 0.370 e. The lowest BCUT2D eigenvalue weighted by Crippen LogP contribution is -2.05. The molecule has 4 nitrogen and oxygen atoms in total. The zero-order chi connectivity index (χ0) is 13.1. The van der Waals surface area contributed by atoms with Gasteiger partial charge in [-0.25, -0.2) is 9.97 Å². The topological polar surface area (TPSA) is 50.7 Å². The lowest BCUT2D eigenvalue weighted by Gasteiger charge is -2.09. The molecule has 0 radical (unpaired) electrons. The molecule has 4 heteroatoms. The highest BCUT2D eigenvalue weighted by Crippen LogP contribution is 2.40. The fourth-order valence-electron chi connectivity index (χ4n) is 2.03. The van der Waals surface area contributed by atoms with E-state index in [1.807, 2.05) is 12.1 Å². The van der Waals surface area contributed by atoms with Crippen LogP contribution in [0.4, 0.5) is 5.82 Å². The van der Waals surface area contributed by atoms with Crippen molar-refractivity contribution in [1.29, 1.82) is 0 Å². The van der Waals surface area contributed by atoms with Gasteiger partial charge in [-0.3, -0.25) is 4.98 Å². The maximum atomic E-state index is 4.69. The van der Waals surface area contributed by atoms with Crippen LogP contribution in [-0.2, 0) is 0 Å². The molecule has 1 N–H and O–H groups in total. The van der Waals surface area contributed by atoms with Crippen molar-refractivity contribution in [2.75, 3.05) is 11.9 Å². The Hall–Kier alpha value is -1.97. The highest BCUT2D eigenvalue weighted by atomic mass is 15.0. The number of hydrogen-bond acceptors (Lipinski definition) is 4. The van der Waals surface area contributed by atoms with Crippen LogP contribution in [0.1, 0.15) is 37.8 Å². The van der Waals surface area contributed by atoms with Gasteiger partial charge in [0.05, 0.1) is 0 Å². The van der Waals surface area contributed by atoms with E-state index in [2.05, 4.69) is 28.3 Å². The van der Waals surface area contributed by atoms with Gasteiger partial charge in [0, 0.05) is 42.2 Å². The van der Waals surface area contributed by atoms with Gasteiger partial charge in [-0.2, -0.15) is 0 Å². The van der Waals surface area contributed by atoms with Crippen LogP contribution < -0.4 is 5.32 Å². The number of rotatable bonds is 5. The molecule has 2 heterocycles. The van der Waals surface area contributed by atoms with Crippen LogP contribution in [0.25, 0.3) is 11.4 Å². The molecule has 1 saturated carbocycles. The van der Waals surface area contributed by atoms with E-state index in [-0.39, 0.29) is 0 Å².